The number of nitrogens with zero attached hydrogens (tertiary/aromatic N) is 1. The van der Waals surface area contributed by atoms with Crippen LogP contribution in [0, 0.1) is 0 Å². The number of nitrogens with one attached hydrogen (secondary N) is 1. The van der Waals surface area contributed by atoms with Crippen LogP contribution in [0.2, 0.25) is 0 Å². The van der Waals surface area contributed by atoms with Gasteiger partial charge in [0, 0.05) is 5.56 Å². The number of furan rings is 1. The third-order valence-electron chi connectivity index (χ3n) is 4.89. The molecule has 0 spiro atoms. The van der Waals surface area contributed by atoms with Crippen molar-refractivity contribution in [2.75, 3.05) is 5.32 Å². The van der Waals surface area contributed by atoms with Gasteiger partial charge in [0.2, 0.25) is 0 Å². The molecule has 0 saturated carbocycles. The van der Waals surface area contributed by atoms with E-state index in [-0.39, 0.29) is 16.4 Å². The Labute approximate surface area is 184 Å². The molecule has 0 fully saturated rings. The number of anilines is 1. The first-order valence-corrected chi connectivity index (χ1v) is 12.5. The molecule has 2 aromatic carbocycles. The topological polar surface area (TPSA) is 89.3 Å². The minimum absolute atomic E-state index is 0.0256. The molecule has 2 aromatic heterocycles. The SMILES string of the molecule is CCCCc1ccc2nc(NC(=O)c3occc3CS(=O)(=O)c3ccccc3)sc2c1. The van der Waals surface area contributed by atoms with Gasteiger partial charge in [-0.25, -0.2) is 13.4 Å². The van der Waals surface area contributed by atoms with Crippen LogP contribution in [0.15, 0.2) is 70.2 Å². The molecule has 0 radical (unpaired) electrons. The highest BCUT2D eigenvalue weighted by atomic mass is 32.2. The molecule has 0 atom stereocenters. The fourth-order valence-corrected chi connectivity index (χ4v) is 5.58. The van der Waals surface area contributed by atoms with E-state index in [4.69, 9.17) is 4.42 Å². The highest BCUT2D eigenvalue weighted by Crippen LogP contribution is 2.28. The maximum atomic E-state index is 12.8. The van der Waals surface area contributed by atoms with Gasteiger partial charge in [-0.1, -0.05) is 48.9 Å². The molecular weight excluding hydrogens is 432 g/mol. The van der Waals surface area contributed by atoms with Gasteiger partial charge in [-0.15, -0.1) is 0 Å². The van der Waals surface area contributed by atoms with Crippen molar-refractivity contribution >= 4 is 42.4 Å². The summed E-state index contributed by atoms with van der Waals surface area (Å²) >= 11 is 1.38. The molecule has 4 aromatic rings. The number of amides is 1. The predicted octanol–water partition coefficient (Wildman–Crippen LogP) is 5.46. The number of sulfone groups is 1. The van der Waals surface area contributed by atoms with Crippen LogP contribution in [-0.4, -0.2) is 19.3 Å². The Kier molecular flexibility index (Phi) is 6.20. The van der Waals surface area contributed by atoms with Crippen molar-refractivity contribution in [2.45, 2.75) is 36.8 Å². The van der Waals surface area contributed by atoms with Gasteiger partial charge in [0.15, 0.2) is 20.7 Å². The zero-order valence-corrected chi connectivity index (χ0v) is 18.6. The van der Waals surface area contributed by atoms with E-state index in [0.717, 1.165) is 29.5 Å². The molecule has 0 bridgehead atoms. The van der Waals surface area contributed by atoms with Crippen LogP contribution in [0.3, 0.4) is 0 Å². The summed E-state index contributed by atoms with van der Waals surface area (Å²) in [4.78, 5) is 17.4. The van der Waals surface area contributed by atoms with Gasteiger partial charge >= 0.3 is 0 Å². The highest BCUT2D eigenvalue weighted by Gasteiger charge is 2.23. The minimum atomic E-state index is -3.60. The van der Waals surface area contributed by atoms with Gasteiger partial charge in [0.25, 0.3) is 5.91 Å². The van der Waals surface area contributed by atoms with Crippen molar-refractivity contribution in [1.29, 1.82) is 0 Å². The number of hydrogen-bond acceptors (Lipinski definition) is 6. The second-order valence-electron chi connectivity index (χ2n) is 7.23. The van der Waals surface area contributed by atoms with Gasteiger partial charge in [-0.3, -0.25) is 10.1 Å². The zero-order chi connectivity index (χ0) is 21.8. The first-order valence-electron chi connectivity index (χ1n) is 10.0. The molecule has 1 amide bonds. The van der Waals surface area contributed by atoms with Crippen LogP contribution in [-0.2, 0) is 22.0 Å². The van der Waals surface area contributed by atoms with Crippen molar-refractivity contribution < 1.29 is 17.6 Å². The highest BCUT2D eigenvalue weighted by molar-refractivity contribution is 7.90. The molecule has 8 heteroatoms. The molecule has 0 aliphatic carbocycles. The Morgan fingerprint density at radius 1 is 1.13 bits per heavy atom. The lowest BCUT2D eigenvalue weighted by Crippen LogP contribution is -2.14. The van der Waals surface area contributed by atoms with Gasteiger partial charge < -0.3 is 4.42 Å². The van der Waals surface area contributed by atoms with Crippen molar-refractivity contribution in [3.8, 4) is 0 Å². The number of carbonyl (C=O) groups excluding carboxylic acids is 1. The van der Waals surface area contributed by atoms with E-state index in [1.165, 1.54) is 41.4 Å². The number of fused-ring (bicyclic) bond motifs is 1. The summed E-state index contributed by atoms with van der Waals surface area (Å²) in [5, 5.41) is 3.19. The summed E-state index contributed by atoms with van der Waals surface area (Å²) in [7, 11) is -3.60. The van der Waals surface area contributed by atoms with Crippen LogP contribution in [0.25, 0.3) is 10.2 Å². The maximum Gasteiger partial charge on any atom is 0.293 e. The number of aromatic nitrogens is 1. The average molecular weight is 455 g/mol. The second kappa shape index (κ2) is 9.03. The van der Waals surface area contributed by atoms with Crippen LogP contribution in [0.1, 0.15) is 41.4 Å². The van der Waals surface area contributed by atoms with E-state index in [0.29, 0.717) is 10.7 Å². The lowest BCUT2D eigenvalue weighted by Gasteiger charge is -2.05. The van der Waals surface area contributed by atoms with E-state index in [2.05, 4.69) is 29.4 Å². The molecule has 160 valence electrons. The Morgan fingerprint density at radius 2 is 1.94 bits per heavy atom. The van der Waals surface area contributed by atoms with Crippen molar-refractivity contribution in [3.05, 3.63) is 77.7 Å². The number of thiazole rings is 1. The maximum absolute atomic E-state index is 12.8. The normalized spacial score (nSPS) is 11.6. The smallest absolute Gasteiger partial charge is 0.293 e. The first-order chi connectivity index (χ1) is 15.0. The van der Waals surface area contributed by atoms with Gasteiger partial charge in [0.1, 0.15) is 0 Å². The number of hydrogen-bond donors (Lipinski definition) is 1. The lowest BCUT2D eigenvalue weighted by molar-refractivity contribution is 0.0996. The average Bonchev–Trinajstić information content (AvgIpc) is 3.38. The molecular formula is C23H22N2O4S2. The van der Waals surface area contributed by atoms with E-state index in [1.54, 1.807) is 18.2 Å². The first kappa shape index (κ1) is 21.3. The summed E-state index contributed by atoms with van der Waals surface area (Å²) in [6.07, 6.45) is 4.59. The van der Waals surface area contributed by atoms with E-state index >= 15 is 0 Å². The van der Waals surface area contributed by atoms with Gasteiger partial charge in [-0.2, -0.15) is 0 Å². The summed E-state index contributed by atoms with van der Waals surface area (Å²) < 4.78 is 31.7. The number of unbranched alkanes of at least 4 members (excludes halogenated alkanes) is 1. The number of carbonyl (C=O) groups is 1. The molecule has 1 N–H and O–H groups in total. The van der Waals surface area contributed by atoms with Crippen molar-refractivity contribution in [3.63, 3.8) is 0 Å². The largest absolute Gasteiger partial charge is 0.459 e. The molecule has 0 aliphatic heterocycles. The molecule has 6 nitrogen and oxygen atoms in total. The van der Waals surface area contributed by atoms with Crippen molar-refractivity contribution in [2.24, 2.45) is 0 Å². The van der Waals surface area contributed by atoms with E-state index in [1.807, 2.05) is 6.07 Å². The summed E-state index contributed by atoms with van der Waals surface area (Å²) in [6.45, 7) is 2.16. The van der Waals surface area contributed by atoms with Crippen molar-refractivity contribution in [1.82, 2.24) is 4.98 Å². The summed E-state index contributed by atoms with van der Waals surface area (Å²) in [5.41, 5.74) is 2.37. The minimum Gasteiger partial charge on any atom is -0.459 e. The van der Waals surface area contributed by atoms with Gasteiger partial charge in [0.05, 0.1) is 27.1 Å². The Hall–Kier alpha value is -2.97. The Morgan fingerprint density at radius 3 is 2.71 bits per heavy atom. The zero-order valence-electron chi connectivity index (χ0n) is 17.0. The van der Waals surface area contributed by atoms with E-state index < -0.39 is 15.7 Å². The number of aryl methyl sites for hydroxylation is 1. The Bertz CT molecular complexity index is 1310. The second-order valence-corrected chi connectivity index (χ2v) is 10.2. The standard InChI is InChI=1S/C23H22N2O4S2/c1-2-3-7-16-10-11-19-20(14-16)30-23(24-19)25-22(26)21-17(12-13-29-21)15-31(27,28)18-8-5-4-6-9-18/h4-6,8-14H,2-3,7,15H2,1H3,(H,24,25,26). The van der Waals surface area contributed by atoms with Gasteiger partial charge in [-0.05, 0) is 48.7 Å². The summed E-state index contributed by atoms with van der Waals surface area (Å²) in [6, 6.07) is 15.8. The third-order valence-corrected chi connectivity index (χ3v) is 7.51. The van der Waals surface area contributed by atoms with Crippen LogP contribution < -0.4 is 5.32 Å². The molecule has 0 saturated heterocycles. The molecule has 0 unspecified atom stereocenters. The fraction of sp³-hybridized carbons (Fsp3) is 0.217. The fourth-order valence-electron chi connectivity index (χ4n) is 3.28. The molecule has 4 rings (SSSR count). The molecule has 31 heavy (non-hydrogen) atoms. The summed E-state index contributed by atoms with van der Waals surface area (Å²) in [5.74, 6) is -0.868. The monoisotopic (exact) mass is 454 g/mol. The van der Waals surface area contributed by atoms with Crippen LogP contribution in [0.5, 0.6) is 0 Å². The Balaban J connectivity index is 1.52. The molecule has 0 aliphatic rings. The lowest BCUT2D eigenvalue weighted by atomic mass is 10.1. The third kappa shape index (κ3) is 4.86. The predicted molar refractivity (Wildman–Crippen MR) is 122 cm³/mol. The molecule has 2 heterocycles. The quantitative estimate of drug-likeness (QED) is 0.382. The number of rotatable bonds is 8. The van der Waals surface area contributed by atoms with Crippen LogP contribution in [0.4, 0.5) is 5.13 Å². The van der Waals surface area contributed by atoms with E-state index in [9.17, 15) is 13.2 Å². The number of benzene rings is 2. The van der Waals surface area contributed by atoms with Crippen LogP contribution >= 0.6 is 11.3 Å².